The number of urea groups is 1. The van der Waals surface area contributed by atoms with Crippen LogP contribution in [-0.2, 0) is 0 Å². The first-order valence-electron chi connectivity index (χ1n) is 8.86. The zero-order valence-electron chi connectivity index (χ0n) is 15.4. The number of nitrogens with zero attached hydrogens (tertiary/aromatic N) is 1. The van der Waals surface area contributed by atoms with Crippen molar-refractivity contribution in [1.82, 2.24) is 4.31 Å². The Morgan fingerprint density at radius 3 is 2.37 bits per heavy atom. The number of carbonyl (C=O) groups excluding carboxylic acids is 2. The minimum Gasteiger partial charge on any atom is -0.457 e. The second-order valence-electron chi connectivity index (χ2n) is 6.28. The van der Waals surface area contributed by atoms with E-state index in [9.17, 15) is 14.0 Å². The molecule has 150 valence electrons. The summed E-state index contributed by atoms with van der Waals surface area (Å²) in [5.41, 5.74) is 0.773. The fraction of sp³-hybridized carbons (Fsp3) is 0. The minimum absolute atomic E-state index is 0.132. The monoisotopic (exact) mass is 422 g/mol. The Hall–Kier alpha value is -3.78. The summed E-state index contributed by atoms with van der Waals surface area (Å²) in [6.07, 6.45) is 0. The van der Waals surface area contributed by atoms with E-state index in [2.05, 4.69) is 18.1 Å². The van der Waals surface area contributed by atoms with Gasteiger partial charge in [0.1, 0.15) is 22.9 Å². The minimum atomic E-state index is -0.781. The number of furan rings is 1. The largest absolute Gasteiger partial charge is 0.457 e. The van der Waals surface area contributed by atoms with Crippen LogP contribution in [0.25, 0.3) is 11.0 Å². The summed E-state index contributed by atoms with van der Waals surface area (Å²) in [4.78, 5) is 24.8. The van der Waals surface area contributed by atoms with Gasteiger partial charge in [-0.15, -0.1) is 0 Å². The molecule has 4 aromatic rings. The van der Waals surface area contributed by atoms with Gasteiger partial charge in [-0.05, 0) is 60.7 Å². The van der Waals surface area contributed by atoms with Crippen molar-refractivity contribution in [2.45, 2.75) is 0 Å². The molecule has 0 atom stereocenters. The van der Waals surface area contributed by atoms with E-state index >= 15 is 0 Å². The van der Waals surface area contributed by atoms with Crippen LogP contribution in [0, 0.1) is 5.82 Å². The number of hydrogen-bond donors (Lipinski definition) is 2. The molecule has 1 heterocycles. The Kier molecular flexibility index (Phi) is 5.40. The number of halogens is 1. The molecule has 6 nitrogen and oxygen atoms in total. The first-order chi connectivity index (χ1) is 14.5. The third-order valence-corrected chi connectivity index (χ3v) is 4.52. The Morgan fingerprint density at radius 2 is 1.63 bits per heavy atom. The number of carbonyl (C=O) groups is 2. The number of para-hydroxylation sites is 1. The Balaban J connectivity index is 1.41. The molecular formula is C22H15FN2O4S. The molecular weight excluding hydrogens is 407 g/mol. The third kappa shape index (κ3) is 4.28. The molecule has 3 amide bonds. The lowest BCUT2D eigenvalue weighted by molar-refractivity contribution is 0.0875. The molecule has 30 heavy (non-hydrogen) atoms. The Bertz CT molecular complexity index is 1210. The van der Waals surface area contributed by atoms with Crippen LogP contribution in [0.1, 0.15) is 10.6 Å². The SMILES string of the molecule is O=C(Nc1ccc(Oc2ccccc2)cc1)N(S)C(=O)c1cc2cc(F)ccc2o1. The molecule has 0 bridgehead atoms. The molecule has 0 saturated carbocycles. The number of rotatable bonds is 4. The van der Waals surface area contributed by atoms with Crippen molar-refractivity contribution in [2.75, 3.05) is 5.32 Å². The Morgan fingerprint density at radius 1 is 0.933 bits per heavy atom. The molecule has 0 aliphatic rings. The molecule has 1 N–H and O–H groups in total. The molecule has 4 rings (SSSR count). The summed E-state index contributed by atoms with van der Waals surface area (Å²) >= 11 is 3.96. The predicted molar refractivity (Wildman–Crippen MR) is 113 cm³/mol. The quantitative estimate of drug-likeness (QED) is 0.403. The number of thiol groups is 1. The highest BCUT2D eigenvalue weighted by molar-refractivity contribution is 7.79. The summed E-state index contributed by atoms with van der Waals surface area (Å²) in [6.45, 7) is 0. The van der Waals surface area contributed by atoms with Crippen LogP contribution in [0.4, 0.5) is 14.9 Å². The highest BCUT2D eigenvalue weighted by atomic mass is 32.1. The number of ether oxygens (including phenoxy) is 1. The summed E-state index contributed by atoms with van der Waals surface area (Å²) in [7, 11) is 0. The van der Waals surface area contributed by atoms with Crippen molar-refractivity contribution in [2.24, 2.45) is 0 Å². The van der Waals surface area contributed by atoms with E-state index in [-0.39, 0.29) is 5.76 Å². The molecule has 3 aromatic carbocycles. The van der Waals surface area contributed by atoms with Crippen LogP contribution >= 0.6 is 12.8 Å². The fourth-order valence-electron chi connectivity index (χ4n) is 2.72. The number of hydrogen-bond acceptors (Lipinski definition) is 5. The first-order valence-corrected chi connectivity index (χ1v) is 9.26. The van der Waals surface area contributed by atoms with E-state index < -0.39 is 17.8 Å². The fourth-order valence-corrected chi connectivity index (χ4v) is 2.87. The van der Waals surface area contributed by atoms with E-state index in [1.54, 1.807) is 24.3 Å². The molecule has 0 fully saturated rings. The topological polar surface area (TPSA) is 71.8 Å². The van der Waals surface area contributed by atoms with E-state index in [0.29, 0.717) is 32.5 Å². The van der Waals surface area contributed by atoms with Crippen LogP contribution in [0.3, 0.4) is 0 Å². The van der Waals surface area contributed by atoms with Gasteiger partial charge in [-0.1, -0.05) is 31.0 Å². The molecule has 8 heteroatoms. The highest BCUT2D eigenvalue weighted by Crippen LogP contribution is 2.24. The van der Waals surface area contributed by atoms with Gasteiger partial charge in [-0.2, -0.15) is 0 Å². The van der Waals surface area contributed by atoms with Crippen molar-refractivity contribution in [3.63, 3.8) is 0 Å². The zero-order valence-corrected chi connectivity index (χ0v) is 16.3. The summed E-state index contributed by atoms with van der Waals surface area (Å²) in [5.74, 6) is -0.0917. The summed E-state index contributed by atoms with van der Waals surface area (Å²) in [6, 6.07) is 20.3. The van der Waals surface area contributed by atoms with Gasteiger partial charge in [0.25, 0.3) is 0 Å². The van der Waals surface area contributed by atoms with Gasteiger partial charge in [0, 0.05) is 11.1 Å². The lowest BCUT2D eigenvalue weighted by Crippen LogP contribution is -2.32. The van der Waals surface area contributed by atoms with Gasteiger partial charge in [0.05, 0.1) is 0 Å². The maximum atomic E-state index is 13.3. The van der Waals surface area contributed by atoms with Gasteiger partial charge in [-0.3, -0.25) is 4.79 Å². The van der Waals surface area contributed by atoms with Crippen molar-refractivity contribution >= 4 is 41.4 Å². The molecule has 1 aromatic heterocycles. The van der Waals surface area contributed by atoms with E-state index in [4.69, 9.17) is 9.15 Å². The normalized spacial score (nSPS) is 10.6. The number of benzene rings is 3. The Labute approximate surface area is 176 Å². The second-order valence-corrected chi connectivity index (χ2v) is 6.68. The molecule has 0 aliphatic heterocycles. The second kappa shape index (κ2) is 8.30. The standard InChI is InChI=1S/C22H15FN2O4S/c23-15-6-11-19-14(12-15)13-20(29-19)21(26)25(30)22(27)24-16-7-9-18(10-8-16)28-17-4-2-1-3-5-17/h1-13,30H,(H,24,27). The number of fused-ring (bicyclic) bond motifs is 1. The maximum Gasteiger partial charge on any atom is 0.339 e. The van der Waals surface area contributed by atoms with E-state index in [1.807, 2.05) is 30.3 Å². The average molecular weight is 422 g/mol. The number of nitrogens with one attached hydrogen (secondary N) is 1. The van der Waals surface area contributed by atoms with E-state index in [1.165, 1.54) is 24.3 Å². The lowest BCUT2D eigenvalue weighted by Gasteiger charge is -2.14. The number of imide groups is 1. The van der Waals surface area contributed by atoms with Gasteiger partial charge >= 0.3 is 11.9 Å². The van der Waals surface area contributed by atoms with Crippen molar-refractivity contribution < 1.29 is 23.1 Å². The first kappa shape index (κ1) is 19.5. The van der Waals surface area contributed by atoms with Crippen LogP contribution in [0.5, 0.6) is 11.5 Å². The lowest BCUT2D eigenvalue weighted by atomic mass is 10.2. The summed E-state index contributed by atoms with van der Waals surface area (Å²) in [5, 5.41) is 2.97. The van der Waals surface area contributed by atoms with Crippen molar-refractivity contribution in [3.8, 4) is 11.5 Å². The highest BCUT2D eigenvalue weighted by Gasteiger charge is 2.23. The van der Waals surface area contributed by atoms with Crippen LogP contribution in [0.2, 0.25) is 0 Å². The predicted octanol–water partition coefficient (Wildman–Crippen LogP) is 5.88. The number of amides is 3. The zero-order chi connectivity index (χ0) is 21.1. The molecule has 0 saturated heterocycles. The van der Waals surface area contributed by atoms with Crippen LogP contribution in [0.15, 0.2) is 83.3 Å². The van der Waals surface area contributed by atoms with Gasteiger partial charge in [-0.25, -0.2) is 13.5 Å². The maximum absolute atomic E-state index is 13.3. The average Bonchev–Trinajstić information content (AvgIpc) is 3.18. The third-order valence-electron chi connectivity index (χ3n) is 4.16. The van der Waals surface area contributed by atoms with Crippen LogP contribution < -0.4 is 10.1 Å². The molecule has 0 radical (unpaired) electrons. The molecule has 0 aliphatic carbocycles. The summed E-state index contributed by atoms with van der Waals surface area (Å²) < 4.78 is 25.0. The van der Waals surface area contributed by atoms with Gasteiger partial charge < -0.3 is 14.5 Å². The van der Waals surface area contributed by atoms with Crippen molar-refractivity contribution in [1.29, 1.82) is 0 Å². The molecule has 0 spiro atoms. The van der Waals surface area contributed by atoms with Crippen LogP contribution in [-0.4, -0.2) is 16.2 Å². The molecule has 0 unspecified atom stereocenters. The smallest absolute Gasteiger partial charge is 0.339 e. The van der Waals surface area contributed by atoms with E-state index in [0.717, 1.165) is 0 Å². The van der Waals surface area contributed by atoms with Gasteiger partial charge in [0.2, 0.25) is 0 Å². The van der Waals surface area contributed by atoms with Gasteiger partial charge in [0.15, 0.2) is 5.76 Å². The van der Waals surface area contributed by atoms with Crippen molar-refractivity contribution in [3.05, 3.63) is 90.4 Å². The number of anilines is 1.